The van der Waals surface area contributed by atoms with Crippen molar-refractivity contribution in [1.82, 2.24) is 20.2 Å². The molecule has 10 heteroatoms. The van der Waals surface area contributed by atoms with Gasteiger partial charge in [0.05, 0.1) is 12.4 Å². The second-order valence-electron chi connectivity index (χ2n) is 6.60. The first kappa shape index (κ1) is 22.7. The molecule has 1 fully saturated rings. The van der Waals surface area contributed by atoms with Crippen LogP contribution in [-0.2, 0) is 14.3 Å². The Morgan fingerprint density at radius 2 is 2.18 bits per heavy atom. The Balaban J connectivity index is 1.96. The Hall–Kier alpha value is -1.58. The topological polar surface area (TPSA) is 87.7 Å². The van der Waals surface area contributed by atoms with Crippen molar-refractivity contribution in [3.63, 3.8) is 0 Å². The van der Waals surface area contributed by atoms with E-state index in [9.17, 15) is 9.59 Å². The summed E-state index contributed by atoms with van der Waals surface area (Å²) in [5.41, 5.74) is 0. The number of carbonyl (C=O) groups is 2. The Labute approximate surface area is 175 Å². The Kier molecular flexibility index (Phi) is 9.27. The van der Waals surface area contributed by atoms with Crippen molar-refractivity contribution in [2.45, 2.75) is 37.9 Å². The summed E-state index contributed by atoms with van der Waals surface area (Å²) in [4.78, 5) is 36.8. The van der Waals surface area contributed by atoms with Crippen LogP contribution in [0.1, 0.15) is 26.7 Å². The van der Waals surface area contributed by atoms with E-state index in [1.54, 1.807) is 13.2 Å². The number of hydrogen-bond acceptors (Lipinski definition) is 7. The first-order valence-electron chi connectivity index (χ1n) is 9.42. The van der Waals surface area contributed by atoms with Crippen LogP contribution in [0.2, 0.25) is 5.15 Å². The summed E-state index contributed by atoms with van der Waals surface area (Å²) in [5.74, 6) is 1.02. The molecule has 1 unspecified atom stereocenters. The Morgan fingerprint density at radius 1 is 1.39 bits per heavy atom. The number of anilines is 1. The lowest BCUT2D eigenvalue weighted by atomic mass is 10.1. The maximum absolute atomic E-state index is 12.2. The molecule has 2 rings (SSSR count). The molecule has 28 heavy (non-hydrogen) atoms. The number of nitrogens with zero attached hydrogens (tertiary/aromatic N) is 4. The van der Waals surface area contributed by atoms with Gasteiger partial charge < -0.3 is 19.9 Å². The number of nitrogens with one attached hydrogen (secondary N) is 1. The lowest BCUT2D eigenvalue weighted by Crippen LogP contribution is -2.54. The van der Waals surface area contributed by atoms with Gasteiger partial charge in [0, 0.05) is 51.8 Å². The molecule has 0 spiro atoms. The number of rotatable bonds is 9. The fourth-order valence-corrected chi connectivity index (χ4v) is 3.89. The number of hydrogen-bond donors (Lipinski definition) is 1. The first-order valence-corrected chi connectivity index (χ1v) is 10.8. The van der Waals surface area contributed by atoms with Gasteiger partial charge in [-0.25, -0.2) is 9.97 Å². The van der Waals surface area contributed by atoms with Gasteiger partial charge in [0.1, 0.15) is 11.0 Å². The van der Waals surface area contributed by atoms with Crippen LogP contribution in [-0.4, -0.2) is 78.4 Å². The fourth-order valence-electron chi connectivity index (χ4n) is 2.98. The van der Waals surface area contributed by atoms with Crippen molar-refractivity contribution < 1.29 is 14.3 Å². The smallest absolute Gasteiger partial charge is 0.230 e. The molecular formula is C18H28ClN5O3S. The molecule has 2 amide bonds. The van der Waals surface area contributed by atoms with Crippen LogP contribution in [0.4, 0.5) is 5.82 Å². The number of piperazine rings is 1. The van der Waals surface area contributed by atoms with Gasteiger partial charge in [-0.2, -0.15) is 0 Å². The molecule has 1 aromatic heterocycles. The van der Waals surface area contributed by atoms with Crippen LogP contribution < -0.4 is 10.2 Å². The summed E-state index contributed by atoms with van der Waals surface area (Å²) in [5, 5.41) is 3.55. The van der Waals surface area contributed by atoms with Crippen LogP contribution in [0.3, 0.4) is 0 Å². The molecule has 1 aliphatic rings. The number of halogens is 1. The summed E-state index contributed by atoms with van der Waals surface area (Å²) in [6, 6.07) is 1.82. The van der Waals surface area contributed by atoms with E-state index >= 15 is 0 Å². The van der Waals surface area contributed by atoms with Gasteiger partial charge in [-0.15, -0.1) is 0 Å². The molecular weight excluding hydrogens is 402 g/mol. The van der Waals surface area contributed by atoms with Crippen molar-refractivity contribution in [2.24, 2.45) is 0 Å². The quantitative estimate of drug-likeness (QED) is 0.277. The standard InChI is InChI=1S/C18H28ClN5O3S/c1-4-5-17(26)24-8-7-23(11-13(24)2)15-10-14(19)21-18(22-15)28-12-16(25)20-6-9-27-3/h10,13H,4-9,11-12H2,1-3H3,(H,20,25). The third kappa shape index (κ3) is 6.79. The fraction of sp³-hybridized carbons (Fsp3) is 0.667. The molecule has 1 saturated heterocycles. The molecule has 1 aliphatic heterocycles. The average molecular weight is 430 g/mol. The van der Waals surface area contributed by atoms with Crippen LogP contribution in [0.25, 0.3) is 0 Å². The number of methoxy groups -OCH3 is 1. The highest BCUT2D eigenvalue weighted by atomic mass is 35.5. The van der Waals surface area contributed by atoms with Crippen LogP contribution >= 0.6 is 23.4 Å². The molecule has 0 radical (unpaired) electrons. The Morgan fingerprint density at radius 3 is 2.86 bits per heavy atom. The first-order chi connectivity index (χ1) is 13.4. The largest absolute Gasteiger partial charge is 0.383 e. The van der Waals surface area contributed by atoms with E-state index in [0.29, 0.717) is 49.5 Å². The zero-order valence-corrected chi connectivity index (χ0v) is 18.2. The Bertz CT molecular complexity index is 679. The third-order valence-electron chi connectivity index (χ3n) is 4.36. The van der Waals surface area contributed by atoms with Crippen molar-refractivity contribution in [1.29, 1.82) is 0 Å². The molecule has 8 nitrogen and oxygen atoms in total. The van der Waals surface area contributed by atoms with Crippen LogP contribution in [0.5, 0.6) is 0 Å². The lowest BCUT2D eigenvalue weighted by molar-refractivity contribution is -0.133. The zero-order chi connectivity index (χ0) is 20.5. The lowest BCUT2D eigenvalue weighted by Gasteiger charge is -2.40. The molecule has 0 saturated carbocycles. The normalized spacial score (nSPS) is 16.9. The van der Waals surface area contributed by atoms with Gasteiger partial charge in [0.25, 0.3) is 0 Å². The highest BCUT2D eigenvalue weighted by Crippen LogP contribution is 2.24. The highest BCUT2D eigenvalue weighted by Gasteiger charge is 2.28. The van der Waals surface area contributed by atoms with E-state index in [1.165, 1.54) is 11.8 Å². The van der Waals surface area contributed by atoms with Gasteiger partial charge >= 0.3 is 0 Å². The van der Waals surface area contributed by atoms with Crippen molar-refractivity contribution >= 4 is 41.0 Å². The number of carbonyl (C=O) groups excluding carboxylic acids is 2. The summed E-state index contributed by atoms with van der Waals surface area (Å²) in [6.45, 7) is 7.03. The van der Waals surface area contributed by atoms with E-state index in [4.69, 9.17) is 16.3 Å². The maximum atomic E-state index is 12.2. The van der Waals surface area contributed by atoms with Gasteiger partial charge in [-0.1, -0.05) is 30.3 Å². The zero-order valence-electron chi connectivity index (χ0n) is 16.6. The molecule has 0 aromatic carbocycles. The molecule has 0 bridgehead atoms. The molecule has 156 valence electrons. The molecule has 1 atom stereocenters. The SMILES string of the molecule is CCCC(=O)N1CCN(c2cc(Cl)nc(SCC(=O)NCCOC)n2)CC1C. The molecule has 1 aromatic rings. The van der Waals surface area contributed by atoms with Gasteiger partial charge in [-0.05, 0) is 13.3 Å². The maximum Gasteiger partial charge on any atom is 0.230 e. The summed E-state index contributed by atoms with van der Waals surface area (Å²) in [7, 11) is 1.59. The predicted octanol–water partition coefficient (Wildman–Crippen LogP) is 1.82. The summed E-state index contributed by atoms with van der Waals surface area (Å²) < 4.78 is 4.90. The number of ether oxygens (including phenoxy) is 1. The van der Waals surface area contributed by atoms with E-state index in [2.05, 4.69) is 20.2 Å². The van der Waals surface area contributed by atoms with Gasteiger partial charge in [0.2, 0.25) is 11.8 Å². The van der Waals surface area contributed by atoms with E-state index in [1.807, 2.05) is 18.7 Å². The number of aromatic nitrogens is 2. The minimum atomic E-state index is -0.108. The second kappa shape index (κ2) is 11.4. The van der Waals surface area contributed by atoms with Gasteiger partial charge in [-0.3, -0.25) is 9.59 Å². The van der Waals surface area contributed by atoms with E-state index < -0.39 is 0 Å². The van der Waals surface area contributed by atoms with Crippen LogP contribution in [0, 0.1) is 0 Å². The third-order valence-corrected chi connectivity index (χ3v) is 5.40. The molecule has 2 heterocycles. The number of amides is 2. The minimum absolute atomic E-state index is 0.101. The predicted molar refractivity (Wildman–Crippen MR) is 111 cm³/mol. The van der Waals surface area contributed by atoms with Crippen molar-refractivity contribution in [2.75, 3.05) is 50.5 Å². The van der Waals surface area contributed by atoms with E-state index in [0.717, 1.165) is 12.2 Å². The highest BCUT2D eigenvalue weighted by molar-refractivity contribution is 7.99. The minimum Gasteiger partial charge on any atom is -0.383 e. The number of thioether (sulfide) groups is 1. The van der Waals surface area contributed by atoms with Crippen LogP contribution in [0.15, 0.2) is 11.2 Å². The van der Waals surface area contributed by atoms with Gasteiger partial charge in [0.15, 0.2) is 5.16 Å². The molecule has 0 aliphatic carbocycles. The summed E-state index contributed by atoms with van der Waals surface area (Å²) in [6.07, 6.45) is 1.43. The monoisotopic (exact) mass is 429 g/mol. The van der Waals surface area contributed by atoms with Crippen molar-refractivity contribution in [3.8, 4) is 0 Å². The van der Waals surface area contributed by atoms with Crippen molar-refractivity contribution in [3.05, 3.63) is 11.2 Å². The molecule has 1 N–H and O–H groups in total. The van der Waals surface area contributed by atoms with E-state index in [-0.39, 0.29) is 23.6 Å². The summed E-state index contributed by atoms with van der Waals surface area (Å²) >= 11 is 7.41. The average Bonchev–Trinajstić information content (AvgIpc) is 2.66. The second-order valence-corrected chi connectivity index (χ2v) is 7.92.